The highest BCUT2D eigenvalue weighted by molar-refractivity contribution is 7.92. The number of amides is 2. The molecule has 0 bridgehead atoms. The van der Waals surface area contributed by atoms with Gasteiger partial charge in [-0.1, -0.05) is 90.1 Å². The van der Waals surface area contributed by atoms with Crippen molar-refractivity contribution in [2.75, 3.05) is 17.1 Å². The Labute approximate surface area is 275 Å². The first kappa shape index (κ1) is 34.1. The molecule has 1 aliphatic rings. The van der Waals surface area contributed by atoms with E-state index in [4.69, 9.17) is 34.8 Å². The van der Waals surface area contributed by atoms with Crippen LogP contribution in [0.25, 0.3) is 0 Å². The average molecular weight is 679 g/mol. The van der Waals surface area contributed by atoms with Crippen LogP contribution in [0.4, 0.5) is 5.69 Å². The number of hydrogen-bond acceptors (Lipinski definition) is 4. The van der Waals surface area contributed by atoms with Crippen LogP contribution in [0.5, 0.6) is 0 Å². The highest BCUT2D eigenvalue weighted by Crippen LogP contribution is 2.28. The van der Waals surface area contributed by atoms with Crippen LogP contribution in [0, 0.1) is 6.92 Å². The number of halogens is 3. The van der Waals surface area contributed by atoms with Crippen LogP contribution in [-0.2, 0) is 32.6 Å². The number of hydrogen-bond donors (Lipinski definition) is 1. The van der Waals surface area contributed by atoms with Crippen LogP contribution >= 0.6 is 34.8 Å². The molecule has 3 aromatic rings. The van der Waals surface area contributed by atoms with E-state index in [0.717, 1.165) is 48.6 Å². The molecule has 0 aliphatic heterocycles. The van der Waals surface area contributed by atoms with Crippen molar-refractivity contribution in [3.63, 3.8) is 0 Å². The van der Waals surface area contributed by atoms with Crippen molar-refractivity contribution < 1.29 is 18.0 Å². The Hall–Kier alpha value is -2.78. The predicted octanol–water partition coefficient (Wildman–Crippen LogP) is 7.20. The summed E-state index contributed by atoms with van der Waals surface area (Å²) in [5.74, 6) is -0.476. The topological polar surface area (TPSA) is 86.8 Å². The first-order valence-electron chi connectivity index (χ1n) is 14.7. The fraction of sp³-hybridized carbons (Fsp3) is 0.394. The first-order chi connectivity index (χ1) is 20.9. The Morgan fingerprint density at radius 3 is 2.30 bits per heavy atom. The molecule has 44 heavy (non-hydrogen) atoms. The zero-order chi connectivity index (χ0) is 31.9. The number of aryl methyl sites for hydroxylation is 1. The summed E-state index contributed by atoms with van der Waals surface area (Å²) >= 11 is 18.7. The lowest BCUT2D eigenvalue weighted by atomic mass is 10.0. The minimum atomic E-state index is -3.66. The average Bonchev–Trinajstić information content (AvgIpc) is 3.49. The maximum atomic E-state index is 14.1. The Balaban J connectivity index is 1.62. The molecule has 2 amide bonds. The predicted molar refractivity (Wildman–Crippen MR) is 179 cm³/mol. The van der Waals surface area contributed by atoms with Gasteiger partial charge in [-0.3, -0.25) is 13.9 Å². The van der Waals surface area contributed by atoms with E-state index in [-0.39, 0.29) is 43.8 Å². The maximum absolute atomic E-state index is 14.1. The highest BCUT2D eigenvalue weighted by Gasteiger charge is 2.32. The molecule has 1 fully saturated rings. The van der Waals surface area contributed by atoms with Crippen molar-refractivity contribution in [3.8, 4) is 0 Å². The minimum absolute atomic E-state index is 0.0228. The second-order valence-corrected chi connectivity index (χ2v) is 14.5. The molecular formula is C33H38Cl3N3O4S. The van der Waals surface area contributed by atoms with Crippen molar-refractivity contribution in [2.24, 2.45) is 0 Å². The number of sulfonamides is 1. The van der Waals surface area contributed by atoms with Crippen molar-refractivity contribution >= 4 is 62.3 Å². The number of nitrogens with one attached hydrogen (secondary N) is 1. The van der Waals surface area contributed by atoms with Crippen LogP contribution in [0.2, 0.25) is 15.1 Å². The maximum Gasteiger partial charge on any atom is 0.243 e. The fourth-order valence-electron chi connectivity index (χ4n) is 5.59. The minimum Gasteiger partial charge on any atom is -0.352 e. The lowest BCUT2D eigenvalue weighted by Gasteiger charge is -2.33. The summed E-state index contributed by atoms with van der Waals surface area (Å²) in [5, 5.41) is 4.35. The highest BCUT2D eigenvalue weighted by atomic mass is 35.5. The summed E-state index contributed by atoms with van der Waals surface area (Å²) in [6.07, 6.45) is 5.65. The van der Waals surface area contributed by atoms with E-state index in [9.17, 15) is 18.0 Å². The molecule has 0 aromatic heterocycles. The molecule has 0 spiro atoms. The van der Waals surface area contributed by atoms with Crippen molar-refractivity contribution in [3.05, 3.63) is 98.5 Å². The molecule has 1 N–H and O–H groups in total. The second kappa shape index (κ2) is 15.5. The first-order valence-corrected chi connectivity index (χ1v) is 17.7. The van der Waals surface area contributed by atoms with Crippen molar-refractivity contribution in [1.82, 2.24) is 10.2 Å². The molecule has 11 heteroatoms. The molecule has 1 saturated carbocycles. The molecular weight excluding hydrogens is 641 g/mol. The molecule has 236 valence electrons. The molecule has 1 aliphatic carbocycles. The molecule has 1 atom stereocenters. The quantitative estimate of drug-likeness (QED) is 0.207. The zero-order valence-corrected chi connectivity index (χ0v) is 28.0. The largest absolute Gasteiger partial charge is 0.352 e. The van der Waals surface area contributed by atoms with E-state index in [0.29, 0.717) is 27.2 Å². The number of anilines is 1. The van der Waals surface area contributed by atoms with Gasteiger partial charge in [0.05, 0.1) is 22.0 Å². The number of carbonyl (C=O) groups excluding carboxylic acids is 2. The van der Waals surface area contributed by atoms with Crippen LogP contribution in [0.1, 0.15) is 55.2 Å². The molecule has 0 heterocycles. The van der Waals surface area contributed by atoms with Crippen molar-refractivity contribution in [1.29, 1.82) is 0 Å². The summed E-state index contributed by atoms with van der Waals surface area (Å²) in [7, 11) is -3.66. The standard InChI is InChI=1S/C33H38Cl3N3O4S/c1-23-14-16-26(34)21-30(23)39(44(2,42)43)18-8-13-32(40)38(22-25-15-17-28(35)29(36)19-25)31(20-24-9-4-3-5-10-24)33(41)37-27-11-6-7-12-27/h3-5,9-10,14-17,19,21,27,31H,6-8,11-13,18,20,22H2,1-2H3,(H,37,41)/t31-/m1/s1. The van der Waals surface area contributed by atoms with Crippen LogP contribution in [-0.4, -0.2) is 50.0 Å². The Kier molecular flexibility index (Phi) is 12.0. The monoisotopic (exact) mass is 677 g/mol. The van der Waals surface area contributed by atoms with E-state index in [1.807, 2.05) is 37.3 Å². The van der Waals surface area contributed by atoms with E-state index >= 15 is 0 Å². The van der Waals surface area contributed by atoms with Gasteiger partial charge in [0.15, 0.2) is 0 Å². The third-order valence-corrected chi connectivity index (χ3v) is 10.1. The van der Waals surface area contributed by atoms with Crippen molar-refractivity contribution in [2.45, 2.75) is 70.5 Å². The van der Waals surface area contributed by atoms with E-state index < -0.39 is 16.1 Å². The summed E-state index contributed by atoms with van der Waals surface area (Å²) < 4.78 is 26.8. The summed E-state index contributed by atoms with van der Waals surface area (Å²) in [5.41, 5.74) is 2.87. The van der Waals surface area contributed by atoms with Gasteiger partial charge < -0.3 is 10.2 Å². The van der Waals surface area contributed by atoms with Gasteiger partial charge in [0, 0.05) is 37.0 Å². The smallest absolute Gasteiger partial charge is 0.243 e. The van der Waals surface area contributed by atoms with Crippen LogP contribution in [0.15, 0.2) is 66.7 Å². The molecule has 0 radical (unpaired) electrons. The summed E-state index contributed by atoms with van der Waals surface area (Å²) in [6.45, 7) is 2.02. The van der Waals surface area contributed by atoms with E-state index in [1.165, 1.54) is 4.31 Å². The number of carbonyl (C=O) groups is 2. The Morgan fingerprint density at radius 2 is 1.64 bits per heavy atom. The summed E-state index contributed by atoms with van der Waals surface area (Å²) in [6, 6.07) is 19.1. The SMILES string of the molecule is Cc1ccc(Cl)cc1N(CCCC(=O)N(Cc1ccc(Cl)c(Cl)c1)[C@H](Cc1ccccc1)C(=O)NC1CCCC1)S(C)(=O)=O. The third kappa shape index (κ3) is 9.36. The number of benzene rings is 3. The van der Waals surface area contributed by atoms with Gasteiger partial charge in [-0.15, -0.1) is 0 Å². The Morgan fingerprint density at radius 1 is 0.932 bits per heavy atom. The third-order valence-electron chi connectivity index (χ3n) is 7.90. The lowest BCUT2D eigenvalue weighted by molar-refractivity contribution is -0.141. The van der Waals surface area contributed by atoms with Gasteiger partial charge in [0.25, 0.3) is 0 Å². The Bertz CT molecular complexity index is 1560. The van der Waals surface area contributed by atoms with Gasteiger partial charge in [-0.05, 0) is 67.1 Å². The molecule has 0 unspecified atom stereocenters. The van der Waals surface area contributed by atoms with Gasteiger partial charge in [-0.2, -0.15) is 0 Å². The molecule has 3 aromatic carbocycles. The van der Waals surface area contributed by atoms with Gasteiger partial charge in [0.1, 0.15) is 6.04 Å². The molecule has 0 saturated heterocycles. The van der Waals surface area contributed by atoms with E-state index in [2.05, 4.69) is 5.32 Å². The zero-order valence-electron chi connectivity index (χ0n) is 24.9. The normalized spacial score (nSPS) is 14.3. The molecule has 4 rings (SSSR count). The second-order valence-electron chi connectivity index (χ2n) is 11.3. The molecule has 7 nitrogen and oxygen atoms in total. The lowest BCUT2D eigenvalue weighted by Crippen LogP contribution is -2.52. The fourth-order valence-corrected chi connectivity index (χ4v) is 7.09. The van der Waals surface area contributed by atoms with Crippen LogP contribution < -0.4 is 9.62 Å². The number of rotatable bonds is 13. The van der Waals surface area contributed by atoms with Gasteiger partial charge in [-0.25, -0.2) is 8.42 Å². The van der Waals surface area contributed by atoms with Crippen LogP contribution in [0.3, 0.4) is 0 Å². The van der Waals surface area contributed by atoms with Gasteiger partial charge in [0.2, 0.25) is 21.8 Å². The summed E-state index contributed by atoms with van der Waals surface area (Å²) in [4.78, 5) is 29.5. The van der Waals surface area contributed by atoms with E-state index in [1.54, 1.807) is 41.3 Å². The van der Waals surface area contributed by atoms with Gasteiger partial charge >= 0.3 is 0 Å². The number of nitrogens with zero attached hydrogens (tertiary/aromatic N) is 2.